The van der Waals surface area contributed by atoms with E-state index in [0.29, 0.717) is 12.0 Å². The summed E-state index contributed by atoms with van der Waals surface area (Å²) in [5.41, 5.74) is -0.731. The molecule has 0 saturated carbocycles. The molecule has 1 aliphatic rings. The molecule has 1 N–H and O–H groups in total. The zero-order valence-electron chi connectivity index (χ0n) is 16.2. The number of H-pyrrole nitrogens is 1. The van der Waals surface area contributed by atoms with Crippen molar-refractivity contribution in [3.63, 3.8) is 0 Å². The Morgan fingerprint density at radius 1 is 1.23 bits per heavy atom. The molecule has 1 aromatic carbocycles. The number of anilines is 1. The van der Waals surface area contributed by atoms with Gasteiger partial charge in [0.2, 0.25) is 5.56 Å². The van der Waals surface area contributed by atoms with Gasteiger partial charge in [-0.15, -0.1) is 10.2 Å². The first kappa shape index (κ1) is 19.9. The molecule has 3 aromatic rings. The van der Waals surface area contributed by atoms with Crippen LogP contribution in [0.25, 0.3) is 0 Å². The van der Waals surface area contributed by atoms with E-state index in [2.05, 4.69) is 15.2 Å². The van der Waals surface area contributed by atoms with Gasteiger partial charge in [-0.2, -0.15) is 13.2 Å². The van der Waals surface area contributed by atoms with Crippen LogP contribution in [0, 0.1) is 0 Å². The average Bonchev–Trinajstić information content (AvgIpc) is 3.23. The summed E-state index contributed by atoms with van der Waals surface area (Å²) in [6.45, 7) is 1.64. The molecule has 1 aliphatic heterocycles. The number of carbonyl (C=O) groups excluding carboxylic acids is 1. The number of hydrogen-bond donors (Lipinski definition) is 1. The van der Waals surface area contributed by atoms with E-state index >= 15 is 0 Å². The molecule has 4 rings (SSSR count). The summed E-state index contributed by atoms with van der Waals surface area (Å²) < 4.78 is 41.8. The number of pyridine rings is 1. The van der Waals surface area contributed by atoms with E-state index in [1.807, 2.05) is 14.0 Å². The van der Waals surface area contributed by atoms with Crippen LogP contribution in [0.5, 0.6) is 0 Å². The molecule has 1 atom stereocenters. The number of amides is 1. The molecule has 156 valence electrons. The zero-order chi connectivity index (χ0) is 21.6. The Morgan fingerprint density at radius 2 is 2.00 bits per heavy atom. The maximum Gasteiger partial charge on any atom is 0.416 e. The highest BCUT2D eigenvalue weighted by atomic mass is 19.4. The average molecular weight is 417 g/mol. The molecule has 0 spiro atoms. The van der Waals surface area contributed by atoms with Gasteiger partial charge in [0.15, 0.2) is 0 Å². The summed E-state index contributed by atoms with van der Waals surface area (Å²) in [6.07, 6.45) is -2.49. The van der Waals surface area contributed by atoms with Gasteiger partial charge in [0.05, 0.1) is 12.1 Å². The molecule has 2 aromatic heterocycles. The maximum atomic E-state index is 13.3. The highest BCUT2D eigenvalue weighted by Crippen LogP contribution is 2.38. The minimum atomic E-state index is -4.57. The topological polar surface area (TPSA) is 83.9 Å². The number of nitrogens with zero attached hydrogens (tertiary/aromatic N) is 4. The predicted molar refractivity (Wildman–Crippen MR) is 102 cm³/mol. The third-order valence-electron chi connectivity index (χ3n) is 5.28. The van der Waals surface area contributed by atoms with Crippen molar-refractivity contribution in [3.8, 4) is 0 Å². The monoisotopic (exact) mass is 417 g/mol. The number of aromatic nitrogens is 4. The van der Waals surface area contributed by atoms with Crippen LogP contribution in [-0.4, -0.2) is 25.7 Å². The van der Waals surface area contributed by atoms with Crippen LogP contribution in [0.15, 0.2) is 41.5 Å². The number of aryl methyl sites for hydroxylation is 1. The number of carbonyl (C=O) groups is 1. The van der Waals surface area contributed by atoms with E-state index < -0.39 is 23.2 Å². The van der Waals surface area contributed by atoms with Crippen molar-refractivity contribution in [1.82, 2.24) is 19.7 Å². The molecule has 3 heterocycles. The largest absolute Gasteiger partial charge is 0.416 e. The van der Waals surface area contributed by atoms with Crippen molar-refractivity contribution in [2.45, 2.75) is 32.0 Å². The number of nitrogens with one attached hydrogen (secondary N) is 1. The Morgan fingerprint density at radius 3 is 2.67 bits per heavy atom. The smallest absolute Gasteiger partial charge is 0.321 e. The van der Waals surface area contributed by atoms with Gasteiger partial charge in [-0.05, 0) is 35.2 Å². The Labute approximate surface area is 169 Å². The van der Waals surface area contributed by atoms with Gasteiger partial charge < -0.3 is 9.55 Å². The lowest BCUT2D eigenvalue weighted by Crippen LogP contribution is -2.26. The fraction of sp³-hybridized carbons (Fsp3) is 0.300. The quantitative estimate of drug-likeness (QED) is 0.707. The van der Waals surface area contributed by atoms with Gasteiger partial charge in [0.1, 0.15) is 18.0 Å². The van der Waals surface area contributed by atoms with Crippen LogP contribution in [-0.2, 0) is 26.2 Å². The first-order chi connectivity index (χ1) is 14.1. The molecule has 1 amide bonds. The minimum Gasteiger partial charge on any atom is -0.321 e. The second-order valence-corrected chi connectivity index (χ2v) is 7.35. The molecule has 0 fully saturated rings. The summed E-state index contributed by atoms with van der Waals surface area (Å²) in [5, 5.41) is 7.86. The molecular formula is C20H18F3N5O2. The lowest BCUT2D eigenvalue weighted by atomic mass is 9.98. The second-order valence-electron chi connectivity index (χ2n) is 7.35. The SMILES string of the molecule is C[C@H](Cc1nncn1C)c1cc(N2Cc3c(cccc3C(F)(F)F)C2=O)[nH]c(=O)c1. The van der Waals surface area contributed by atoms with Crippen LogP contribution in [0.1, 0.15) is 45.7 Å². The fourth-order valence-electron chi connectivity index (χ4n) is 3.66. The number of aromatic amines is 1. The van der Waals surface area contributed by atoms with E-state index in [1.54, 1.807) is 17.0 Å². The second kappa shape index (κ2) is 7.12. The summed E-state index contributed by atoms with van der Waals surface area (Å²) in [7, 11) is 1.81. The number of fused-ring (bicyclic) bond motifs is 1. The van der Waals surface area contributed by atoms with Crippen molar-refractivity contribution < 1.29 is 18.0 Å². The predicted octanol–water partition coefficient (Wildman–Crippen LogP) is 3.03. The molecule has 30 heavy (non-hydrogen) atoms. The van der Waals surface area contributed by atoms with Gasteiger partial charge in [0, 0.05) is 25.1 Å². The normalized spacial score (nSPS) is 14.8. The van der Waals surface area contributed by atoms with E-state index in [-0.39, 0.29) is 29.4 Å². The first-order valence-electron chi connectivity index (χ1n) is 9.23. The molecular weight excluding hydrogens is 399 g/mol. The van der Waals surface area contributed by atoms with E-state index in [9.17, 15) is 22.8 Å². The van der Waals surface area contributed by atoms with Gasteiger partial charge in [-0.1, -0.05) is 13.0 Å². The van der Waals surface area contributed by atoms with E-state index in [1.165, 1.54) is 23.1 Å². The van der Waals surface area contributed by atoms with Gasteiger partial charge in [-0.25, -0.2) is 0 Å². The Kier molecular flexibility index (Phi) is 4.71. The third kappa shape index (κ3) is 3.49. The van der Waals surface area contributed by atoms with Crippen LogP contribution in [0.3, 0.4) is 0 Å². The van der Waals surface area contributed by atoms with Gasteiger partial charge in [-0.3, -0.25) is 14.5 Å². The van der Waals surface area contributed by atoms with Gasteiger partial charge >= 0.3 is 6.18 Å². The number of hydrogen-bond acceptors (Lipinski definition) is 4. The summed E-state index contributed by atoms with van der Waals surface area (Å²) in [5.74, 6) is 0.185. The lowest BCUT2D eigenvalue weighted by molar-refractivity contribution is -0.138. The molecule has 0 aliphatic carbocycles. The molecule has 0 unspecified atom stereocenters. The summed E-state index contributed by atoms with van der Waals surface area (Å²) in [4.78, 5) is 28.8. The van der Waals surface area contributed by atoms with Crippen molar-refractivity contribution in [1.29, 1.82) is 0 Å². The van der Waals surface area contributed by atoms with Crippen LogP contribution >= 0.6 is 0 Å². The molecule has 0 saturated heterocycles. The third-order valence-corrected chi connectivity index (χ3v) is 5.28. The molecule has 0 bridgehead atoms. The van der Waals surface area contributed by atoms with Crippen molar-refractivity contribution >= 4 is 11.7 Å². The highest BCUT2D eigenvalue weighted by Gasteiger charge is 2.40. The first-order valence-corrected chi connectivity index (χ1v) is 9.23. The van der Waals surface area contributed by atoms with Crippen molar-refractivity contribution in [3.05, 3.63) is 75.1 Å². The molecule has 10 heteroatoms. The van der Waals surface area contributed by atoms with E-state index in [0.717, 1.165) is 11.9 Å². The van der Waals surface area contributed by atoms with Crippen LogP contribution in [0.2, 0.25) is 0 Å². The summed E-state index contributed by atoms with van der Waals surface area (Å²) >= 11 is 0. The Hall–Kier alpha value is -3.43. The zero-order valence-corrected chi connectivity index (χ0v) is 16.2. The number of benzene rings is 1. The van der Waals surface area contributed by atoms with Crippen molar-refractivity contribution in [2.75, 3.05) is 4.90 Å². The lowest BCUT2D eigenvalue weighted by Gasteiger charge is -2.18. The number of halogens is 3. The Bertz CT molecular complexity index is 1180. The highest BCUT2D eigenvalue weighted by molar-refractivity contribution is 6.09. The molecule has 7 nitrogen and oxygen atoms in total. The minimum absolute atomic E-state index is 0.0109. The molecule has 0 radical (unpaired) electrons. The number of alkyl halides is 3. The fourth-order valence-corrected chi connectivity index (χ4v) is 3.66. The van der Waals surface area contributed by atoms with Crippen molar-refractivity contribution in [2.24, 2.45) is 7.05 Å². The Balaban J connectivity index is 1.67. The van der Waals surface area contributed by atoms with Crippen LogP contribution in [0.4, 0.5) is 19.0 Å². The maximum absolute atomic E-state index is 13.3. The van der Waals surface area contributed by atoms with Crippen LogP contribution < -0.4 is 10.5 Å². The number of rotatable bonds is 4. The summed E-state index contributed by atoms with van der Waals surface area (Å²) in [6, 6.07) is 6.58. The standard InChI is InChI=1S/C20H18F3N5O2/c1-11(6-17-26-24-10-27(17)2)12-7-16(25-18(29)8-12)28-9-14-13(19(28)30)4-3-5-15(14)20(21,22)23/h3-5,7-8,10-11H,6,9H2,1-2H3,(H,25,29)/t11-/m1/s1. The van der Waals surface area contributed by atoms with E-state index in [4.69, 9.17) is 0 Å². The van der Waals surface area contributed by atoms with Gasteiger partial charge in [0.25, 0.3) is 5.91 Å².